The molecule has 2 aromatic rings. The van der Waals surface area contributed by atoms with Gasteiger partial charge in [0.15, 0.2) is 5.69 Å². The van der Waals surface area contributed by atoms with Crippen LogP contribution in [-0.4, -0.2) is 47.7 Å². The number of carbonyl (C=O) groups excluding carboxylic acids is 1. The fourth-order valence-corrected chi connectivity index (χ4v) is 2.86. The van der Waals surface area contributed by atoms with Crippen LogP contribution in [0.1, 0.15) is 32.9 Å². The molecule has 0 fully saturated rings. The second-order valence-electron chi connectivity index (χ2n) is 6.30. The normalized spacial score (nSPS) is 13.5. The van der Waals surface area contributed by atoms with E-state index in [1.165, 1.54) is 0 Å². The number of rotatable bonds is 5. The monoisotopic (exact) mass is 328 g/mol. The summed E-state index contributed by atoms with van der Waals surface area (Å²) in [5.74, 6) is 0.818. The molecule has 1 aliphatic heterocycles. The summed E-state index contributed by atoms with van der Waals surface area (Å²) in [5.41, 5.74) is 4.87. The number of ether oxygens (including phenoxy) is 1. The first-order valence-corrected chi connectivity index (χ1v) is 8.28. The molecule has 2 heterocycles. The molecule has 1 aliphatic rings. The summed E-state index contributed by atoms with van der Waals surface area (Å²) < 4.78 is 5.84. The van der Waals surface area contributed by atoms with Crippen molar-refractivity contribution in [2.75, 3.05) is 26.7 Å². The average Bonchev–Trinajstić information content (AvgIpc) is 3.01. The summed E-state index contributed by atoms with van der Waals surface area (Å²) >= 11 is 0. The third-order valence-corrected chi connectivity index (χ3v) is 4.38. The zero-order valence-corrected chi connectivity index (χ0v) is 14.5. The van der Waals surface area contributed by atoms with Gasteiger partial charge < -0.3 is 15.0 Å². The summed E-state index contributed by atoms with van der Waals surface area (Å²) in [7, 11) is 1.79. The maximum Gasteiger partial charge on any atom is 0.274 e. The van der Waals surface area contributed by atoms with Gasteiger partial charge in [-0.05, 0) is 44.0 Å². The van der Waals surface area contributed by atoms with E-state index in [0.717, 1.165) is 47.6 Å². The molecule has 128 valence electrons. The molecule has 2 N–H and O–H groups in total. The van der Waals surface area contributed by atoms with Crippen LogP contribution in [0.25, 0.3) is 0 Å². The molecule has 1 aromatic heterocycles. The number of benzene rings is 1. The van der Waals surface area contributed by atoms with Gasteiger partial charge in [0.25, 0.3) is 5.91 Å². The van der Waals surface area contributed by atoms with Crippen molar-refractivity contribution in [2.45, 2.75) is 26.8 Å². The number of aromatic nitrogens is 2. The Kier molecular flexibility index (Phi) is 4.85. The lowest BCUT2D eigenvalue weighted by atomic mass is 10.1. The van der Waals surface area contributed by atoms with E-state index >= 15 is 0 Å². The van der Waals surface area contributed by atoms with E-state index in [1.54, 1.807) is 11.9 Å². The van der Waals surface area contributed by atoms with Crippen molar-refractivity contribution in [3.63, 3.8) is 0 Å². The summed E-state index contributed by atoms with van der Waals surface area (Å²) in [5, 5.41) is 10.4. The quantitative estimate of drug-likeness (QED) is 0.878. The van der Waals surface area contributed by atoms with Gasteiger partial charge in [0.05, 0.1) is 12.2 Å². The third-order valence-electron chi connectivity index (χ3n) is 4.38. The molecule has 1 aromatic carbocycles. The molecule has 0 spiro atoms. The molecule has 0 aliphatic carbocycles. The third kappa shape index (κ3) is 3.43. The van der Waals surface area contributed by atoms with Crippen LogP contribution >= 0.6 is 0 Å². The molecular weight excluding hydrogens is 304 g/mol. The average molecular weight is 328 g/mol. The van der Waals surface area contributed by atoms with Gasteiger partial charge in [-0.2, -0.15) is 5.10 Å². The maximum atomic E-state index is 12.6. The van der Waals surface area contributed by atoms with Crippen LogP contribution in [0.4, 0.5) is 0 Å². The summed E-state index contributed by atoms with van der Waals surface area (Å²) in [4.78, 5) is 14.3. The molecular formula is C18H24N4O2. The van der Waals surface area contributed by atoms with Crippen molar-refractivity contribution >= 4 is 5.91 Å². The van der Waals surface area contributed by atoms with Crippen molar-refractivity contribution in [3.8, 4) is 5.75 Å². The predicted molar refractivity (Wildman–Crippen MR) is 92.4 cm³/mol. The number of fused-ring (bicyclic) bond motifs is 1. The highest BCUT2D eigenvalue weighted by molar-refractivity contribution is 5.93. The van der Waals surface area contributed by atoms with Crippen molar-refractivity contribution in [1.29, 1.82) is 0 Å². The van der Waals surface area contributed by atoms with Gasteiger partial charge in [-0.15, -0.1) is 0 Å². The number of hydrogen-bond acceptors (Lipinski definition) is 4. The maximum absolute atomic E-state index is 12.6. The fraction of sp³-hybridized carbons (Fsp3) is 0.444. The summed E-state index contributed by atoms with van der Waals surface area (Å²) in [6, 6.07) is 6.13. The molecule has 0 saturated heterocycles. The first kappa shape index (κ1) is 16.5. The van der Waals surface area contributed by atoms with Crippen LogP contribution in [0.15, 0.2) is 18.2 Å². The van der Waals surface area contributed by atoms with Crippen molar-refractivity contribution < 1.29 is 9.53 Å². The highest BCUT2D eigenvalue weighted by Crippen LogP contribution is 2.19. The lowest BCUT2D eigenvalue weighted by molar-refractivity contribution is 0.0766. The number of aromatic amines is 1. The number of likely N-dealkylation sites (N-methyl/N-ethyl adjacent to an activating group) is 1. The predicted octanol–water partition coefficient (Wildman–Crippen LogP) is 1.82. The first-order valence-electron chi connectivity index (χ1n) is 8.28. The molecule has 0 atom stereocenters. The highest BCUT2D eigenvalue weighted by atomic mass is 16.5. The van der Waals surface area contributed by atoms with Gasteiger partial charge in [0, 0.05) is 19.2 Å². The van der Waals surface area contributed by atoms with Gasteiger partial charge in [-0.1, -0.05) is 12.1 Å². The smallest absolute Gasteiger partial charge is 0.274 e. The number of carbonyl (C=O) groups is 1. The van der Waals surface area contributed by atoms with E-state index in [-0.39, 0.29) is 5.91 Å². The Morgan fingerprint density at radius 1 is 1.38 bits per heavy atom. The van der Waals surface area contributed by atoms with E-state index in [1.807, 2.05) is 26.0 Å². The number of nitrogens with one attached hydrogen (secondary N) is 2. The number of H-pyrrole nitrogens is 1. The van der Waals surface area contributed by atoms with E-state index in [9.17, 15) is 4.79 Å². The number of aryl methyl sites for hydroxylation is 2. The molecule has 0 radical (unpaired) electrons. The fourth-order valence-electron chi connectivity index (χ4n) is 2.86. The zero-order valence-electron chi connectivity index (χ0n) is 14.5. The molecule has 0 saturated carbocycles. The van der Waals surface area contributed by atoms with Crippen molar-refractivity contribution in [3.05, 3.63) is 46.3 Å². The lowest BCUT2D eigenvalue weighted by Crippen LogP contribution is -2.32. The Morgan fingerprint density at radius 3 is 3.04 bits per heavy atom. The minimum Gasteiger partial charge on any atom is -0.491 e. The molecule has 6 nitrogen and oxygen atoms in total. The summed E-state index contributed by atoms with van der Waals surface area (Å²) in [6.45, 7) is 6.67. The largest absolute Gasteiger partial charge is 0.491 e. The number of hydrogen-bond donors (Lipinski definition) is 2. The van der Waals surface area contributed by atoms with Gasteiger partial charge in [0.2, 0.25) is 0 Å². The van der Waals surface area contributed by atoms with Gasteiger partial charge in [-0.3, -0.25) is 9.89 Å². The SMILES string of the molecule is Cc1ccc(C)c(OCCN(C)C(=O)c2n[nH]c3c2CCNC3)c1. The van der Waals surface area contributed by atoms with E-state index in [2.05, 4.69) is 21.6 Å². The number of amides is 1. The van der Waals surface area contributed by atoms with Gasteiger partial charge >= 0.3 is 0 Å². The van der Waals surface area contributed by atoms with E-state index < -0.39 is 0 Å². The Labute approximate surface area is 142 Å². The van der Waals surface area contributed by atoms with Crippen LogP contribution in [0.2, 0.25) is 0 Å². The molecule has 6 heteroatoms. The molecule has 0 bridgehead atoms. The second-order valence-corrected chi connectivity index (χ2v) is 6.30. The molecule has 24 heavy (non-hydrogen) atoms. The minimum atomic E-state index is -0.0565. The standard InChI is InChI=1S/C18H24N4O2/c1-12-4-5-13(2)16(10-12)24-9-8-22(3)18(23)17-14-6-7-19-11-15(14)20-21-17/h4-5,10,19H,6-9,11H2,1-3H3,(H,20,21). The van der Waals surface area contributed by atoms with Crippen LogP contribution in [0.3, 0.4) is 0 Å². The minimum absolute atomic E-state index is 0.0565. The Bertz CT molecular complexity index is 739. The van der Waals surface area contributed by atoms with Crippen LogP contribution < -0.4 is 10.1 Å². The number of nitrogens with zero attached hydrogens (tertiary/aromatic N) is 2. The van der Waals surface area contributed by atoms with Crippen molar-refractivity contribution in [1.82, 2.24) is 20.4 Å². The molecule has 3 rings (SSSR count). The van der Waals surface area contributed by atoms with Crippen LogP contribution in [-0.2, 0) is 13.0 Å². The zero-order chi connectivity index (χ0) is 17.1. The Morgan fingerprint density at radius 2 is 2.21 bits per heavy atom. The van der Waals surface area contributed by atoms with E-state index in [0.29, 0.717) is 18.8 Å². The van der Waals surface area contributed by atoms with E-state index in [4.69, 9.17) is 4.74 Å². The first-order chi connectivity index (χ1) is 11.6. The second kappa shape index (κ2) is 7.05. The Balaban J connectivity index is 1.59. The molecule has 1 amide bonds. The molecule has 0 unspecified atom stereocenters. The van der Waals surface area contributed by atoms with Crippen molar-refractivity contribution in [2.24, 2.45) is 0 Å². The topological polar surface area (TPSA) is 70.2 Å². The van der Waals surface area contributed by atoms with Crippen LogP contribution in [0.5, 0.6) is 5.75 Å². The summed E-state index contributed by atoms with van der Waals surface area (Å²) in [6.07, 6.45) is 0.833. The Hall–Kier alpha value is -2.34. The van der Waals surface area contributed by atoms with Gasteiger partial charge in [0.1, 0.15) is 12.4 Å². The van der Waals surface area contributed by atoms with Gasteiger partial charge in [-0.25, -0.2) is 0 Å². The van der Waals surface area contributed by atoms with Crippen LogP contribution in [0, 0.1) is 13.8 Å². The lowest BCUT2D eigenvalue weighted by Gasteiger charge is -2.19. The highest BCUT2D eigenvalue weighted by Gasteiger charge is 2.23.